The molecule has 2 aromatic heterocycles. The summed E-state index contributed by atoms with van der Waals surface area (Å²) in [7, 11) is 0. The minimum Gasteiger partial charge on any atom is -0.462 e. The van der Waals surface area contributed by atoms with E-state index in [9.17, 15) is 14.9 Å². The molecule has 1 aromatic carbocycles. The van der Waals surface area contributed by atoms with Crippen LogP contribution in [0.5, 0.6) is 0 Å². The lowest BCUT2D eigenvalue weighted by Gasteiger charge is -2.06. The van der Waals surface area contributed by atoms with Crippen LogP contribution >= 0.6 is 27.3 Å². The maximum atomic E-state index is 12.7. The fourth-order valence-electron chi connectivity index (χ4n) is 2.85. The molecule has 0 saturated heterocycles. The van der Waals surface area contributed by atoms with E-state index in [1.807, 2.05) is 37.3 Å². The number of nitriles is 1. The van der Waals surface area contributed by atoms with Gasteiger partial charge in [-0.3, -0.25) is 4.79 Å². The minimum atomic E-state index is -0.630. The van der Waals surface area contributed by atoms with Gasteiger partial charge in [0.2, 0.25) is 0 Å². The molecule has 158 valence electrons. The molecule has 0 fully saturated rings. The summed E-state index contributed by atoms with van der Waals surface area (Å²) in [4.78, 5) is 25.9. The number of benzene rings is 1. The molecule has 6 nitrogen and oxygen atoms in total. The molecule has 3 rings (SSSR count). The molecule has 0 saturated carbocycles. The molecule has 8 heteroatoms. The van der Waals surface area contributed by atoms with E-state index in [0.29, 0.717) is 22.1 Å². The van der Waals surface area contributed by atoms with Gasteiger partial charge in [-0.25, -0.2) is 4.79 Å². The number of carbonyl (C=O) groups is 2. The third kappa shape index (κ3) is 5.13. The van der Waals surface area contributed by atoms with Crippen molar-refractivity contribution in [2.24, 2.45) is 0 Å². The smallest absolute Gasteiger partial charge is 0.341 e. The number of rotatable bonds is 6. The average molecular weight is 499 g/mol. The van der Waals surface area contributed by atoms with Gasteiger partial charge in [0.25, 0.3) is 5.91 Å². The van der Waals surface area contributed by atoms with E-state index < -0.39 is 11.9 Å². The Labute approximate surface area is 192 Å². The SMILES string of the molecule is CCOC(=O)c1c(NC(=O)/C(C#N)=C/c2ccc(-c3cccc(Br)c3)o2)sc(C)c1C. The van der Waals surface area contributed by atoms with Crippen LogP contribution in [0.25, 0.3) is 17.4 Å². The van der Waals surface area contributed by atoms with Crippen LogP contribution in [0.4, 0.5) is 5.00 Å². The van der Waals surface area contributed by atoms with Gasteiger partial charge in [0, 0.05) is 21.0 Å². The number of ether oxygens (including phenoxy) is 1. The zero-order chi connectivity index (χ0) is 22.5. The first-order chi connectivity index (χ1) is 14.8. The van der Waals surface area contributed by atoms with Crippen LogP contribution in [0.1, 0.15) is 33.5 Å². The maximum Gasteiger partial charge on any atom is 0.341 e. The molecule has 0 aliphatic heterocycles. The van der Waals surface area contributed by atoms with Crippen LogP contribution in [0.3, 0.4) is 0 Å². The first-order valence-corrected chi connectivity index (χ1v) is 11.0. The van der Waals surface area contributed by atoms with E-state index in [-0.39, 0.29) is 12.2 Å². The topological polar surface area (TPSA) is 92.3 Å². The van der Waals surface area contributed by atoms with Crippen LogP contribution < -0.4 is 5.32 Å². The molecular formula is C23H19BrN2O4S. The molecule has 0 spiro atoms. The predicted molar refractivity (Wildman–Crippen MR) is 124 cm³/mol. The third-order valence-corrected chi connectivity index (χ3v) is 6.10. The van der Waals surface area contributed by atoms with E-state index in [1.54, 1.807) is 26.0 Å². The molecule has 0 unspecified atom stereocenters. The van der Waals surface area contributed by atoms with Crippen molar-refractivity contribution < 1.29 is 18.7 Å². The quantitative estimate of drug-likeness (QED) is 0.251. The molecule has 0 bridgehead atoms. The van der Waals surface area contributed by atoms with Gasteiger partial charge in [-0.15, -0.1) is 11.3 Å². The monoisotopic (exact) mass is 498 g/mol. The van der Waals surface area contributed by atoms with Gasteiger partial charge in [-0.05, 0) is 50.6 Å². The number of furan rings is 1. The normalized spacial score (nSPS) is 11.1. The lowest BCUT2D eigenvalue weighted by Crippen LogP contribution is -2.16. The Bertz CT molecular complexity index is 1220. The number of carbonyl (C=O) groups excluding carboxylic acids is 2. The summed E-state index contributed by atoms with van der Waals surface area (Å²) in [6, 6.07) is 12.9. The highest BCUT2D eigenvalue weighted by Gasteiger charge is 2.23. The zero-order valence-corrected chi connectivity index (χ0v) is 19.5. The van der Waals surface area contributed by atoms with Crippen molar-refractivity contribution in [2.75, 3.05) is 11.9 Å². The van der Waals surface area contributed by atoms with Crippen molar-refractivity contribution in [3.63, 3.8) is 0 Å². The second-order valence-electron chi connectivity index (χ2n) is 6.54. The van der Waals surface area contributed by atoms with E-state index in [4.69, 9.17) is 9.15 Å². The number of thiophene rings is 1. The number of anilines is 1. The Morgan fingerprint density at radius 2 is 2.06 bits per heavy atom. The summed E-state index contributed by atoms with van der Waals surface area (Å²) in [6.07, 6.45) is 1.37. The molecule has 31 heavy (non-hydrogen) atoms. The van der Waals surface area contributed by atoms with E-state index in [1.165, 1.54) is 17.4 Å². The van der Waals surface area contributed by atoms with Gasteiger partial charge in [-0.1, -0.05) is 28.1 Å². The first kappa shape index (κ1) is 22.5. The number of amides is 1. The van der Waals surface area contributed by atoms with Crippen molar-refractivity contribution >= 4 is 50.2 Å². The lowest BCUT2D eigenvalue weighted by atomic mass is 10.1. The molecule has 1 N–H and O–H groups in total. The first-order valence-electron chi connectivity index (χ1n) is 9.40. The molecular weight excluding hydrogens is 480 g/mol. The highest BCUT2D eigenvalue weighted by molar-refractivity contribution is 9.10. The number of aryl methyl sites for hydroxylation is 1. The fourth-order valence-corrected chi connectivity index (χ4v) is 4.30. The largest absolute Gasteiger partial charge is 0.462 e. The molecule has 0 aliphatic carbocycles. The van der Waals surface area contributed by atoms with Gasteiger partial charge >= 0.3 is 5.97 Å². The summed E-state index contributed by atoms with van der Waals surface area (Å²) in [6.45, 7) is 5.59. The van der Waals surface area contributed by atoms with Crippen LogP contribution in [0, 0.1) is 25.2 Å². The maximum absolute atomic E-state index is 12.7. The summed E-state index contributed by atoms with van der Waals surface area (Å²) < 4.78 is 11.8. The molecule has 0 atom stereocenters. The summed E-state index contributed by atoms with van der Waals surface area (Å²) in [5.74, 6) is -0.160. The van der Waals surface area contributed by atoms with Crippen LogP contribution in [0.15, 0.2) is 50.9 Å². The number of nitrogens with one attached hydrogen (secondary N) is 1. The van der Waals surface area contributed by atoms with Gasteiger partial charge < -0.3 is 14.5 Å². The number of hydrogen-bond acceptors (Lipinski definition) is 6. The molecule has 3 aromatic rings. The molecule has 0 aliphatic rings. The van der Waals surface area contributed by atoms with Gasteiger partial charge in [-0.2, -0.15) is 5.26 Å². The second-order valence-corrected chi connectivity index (χ2v) is 8.68. The van der Waals surface area contributed by atoms with Crippen molar-refractivity contribution in [3.05, 3.63) is 68.2 Å². The van der Waals surface area contributed by atoms with Crippen LogP contribution in [-0.4, -0.2) is 18.5 Å². The number of nitrogens with zero attached hydrogens (tertiary/aromatic N) is 1. The summed E-state index contributed by atoms with van der Waals surface area (Å²) in [5.41, 5.74) is 1.77. The van der Waals surface area contributed by atoms with Gasteiger partial charge in [0.1, 0.15) is 28.2 Å². The second kappa shape index (κ2) is 9.77. The Balaban J connectivity index is 1.85. The number of esters is 1. The number of hydrogen-bond donors (Lipinski definition) is 1. The Kier molecular flexibility index (Phi) is 7.10. The lowest BCUT2D eigenvalue weighted by molar-refractivity contribution is -0.112. The van der Waals surface area contributed by atoms with Crippen molar-refractivity contribution in [1.29, 1.82) is 5.26 Å². The van der Waals surface area contributed by atoms with Crippen LogP contribution in [-0.2, 0) is 9.53 Å². The Morgan fingerprint density at radius 1 is 1.29 bits per heavy atom. The minimum absolute atomic E-state index is 0.145. The van der Waals surface area contributed by atoms with E-state index in [0.717, 1.165) is 20.5 Å². The van der Waals surface area contributed by atoms with E-state index >= 15 is 0 Å². The van der Waals surface area contributed by atoms with Gasteiger partial charge in [0.05, 0.1) is 12.2 Å². The summed E-state index contributed by atoms with van der Waals surface area (Å²) >= 11 is 4.68. The van der Waals surface area contributed by atoms with Crippen molar-refractivity contribution in [2.45, 2.75) is 20.8 Å². The molecule has 0 radical (unpaired) electrons. The summed E-state index contributed by atoms with van der Waals surface area (Å²) in [5, 5.41) is 12.5. The number of halogens is 1. The predicted octanol–water partition coefficient (Wildman–Crippen LogP) is 6.11. The zero-order valence-electron chi connectivity index (χ0n) is 17.1. The van der Waals surface area contributed by atoms with Crippen molar-refractivity contribution in [3.8, 4) is 17.4 Å². The third-order valence-electron chi connectivity index (χ3n) is 4.48. The van der Waals surface area contributed by atoms with Crippen molar-refractivity contribution in [1.82, 2.24) is 0 Å². The Morgan fingerprint density at radius 3 is 2.74 bits per heavy atom. The standard InChI is InChI=1S/C23H19BrN2O4S/c1-4-29-23(28)20-13(2)14(3)31-22(20)26-21(27)16(12-25)11-18-8-9-19(30-18)15-6-5-7-17(24)10-15/h5-11H,4H2,1-3H3,(H,26,27)/b16-11+. The molecule has 2 heterocycles. The van der Waals surface area contributed by atoms with Crippen LogP contribution in [0.2, 0.25) is 0 Å². The fraction of sp³-hybridized carbons (Fsp3) is 0.174. The highest BCUT2D eigenvalue weighted by atomic mass is 79.9. The van der Waals surface area contributed by atoms with E-state index in [2.05, 4.69) is 21.2 Å². The molecule has 1 amide bonds. The van der Waals surface area contributed by atoms with Gasteiger partial charge in [0.15, 0.2) is 0 Å². The average Bonchev–Trinajstić information content (AvgIpc) is 3.31. The Hall–Kier alpha value is -3.15. The highest BCUT2D eigenvalue weighted by Crippen LogP contribution is 2.33.